The number of fused-ring (bicyclic) bond motifs is 5. The van der Waals surface area contributed by atoms with Gasteiger partial charge in [0, 0.05) is 0 Å². The zero-order valence-corrected chi connectivity index (χ0v) is 34.3. The summed E-state index contributed by atoms with van der Waals surface area (Å²) < 4.78 is 24.9. The molecule has 2 saturated heterocycles. The minimum atomic E-state index is -1.55. The summed E-state index contributed by atoms with van der Waals surface area (Å²) in [7, 11) is 0. The lowest BCUT2D eigenvalue weighted by Gasteiger charge is -2.71. The number of rotatable bonds is 10. The number of aliphatic hydroxyl groups is 9. The van der Waals surface area contributed by atoms with Crippen molar-refractivity contribution in [3.63, 3.8) is 0 Å². The third-order valence-corrected chi connectivity index (χ3v) is 16.7. The van der Waals surface area contributed by atoms with Crippen molar-refractivity contribution in [3.05, 3.63) is 11.6 Å². The molecule has 2 heterocycles. The number of aliphatic hydroxyl groups excluding tert-OH is 9. The zero-order valence-electron chi connectivity index (χ0n) is 34.3. The van der Waals surface area contributed by atoms with Crippen molar-refractivity contribution in [2.45, 2.75) is 192 Å². The van der Waals surface area contributed by atoms with Crippen molar-refractivity contribution in [1.82, 2.24) is 0 Å². The maximum atomic E-state index is 12.5. The lowest BCUT2D eigenvalue weighted by Crippen LogP contribution is -2.67. The van der Waals surface area contributed by atoms with E-state index in [4.69, 9.17) is 18.9 Å². The monoisotopic (exact) mass is 784 g/mol. The summed E-state index contributed by atoms with van der Waals surface area (Å²) in [4.78, 5) is 0. The van der Waals surface area contributed by atoms with Crippen LogP contribution in [0.5, 0.6) is 0 Å². The molecule has 2 aliphatic heterocycles. The standard InChI is InChI=1S/C42H72O13/c1-21(2)10-9-14-42(8,55-37-35(51)33(49)31(47)25(20-44)53-37)22-11-16-41(7)29(22)23(45)18-27-39(5)15-13-28(38(3,4)26(39)12-17-40(27,41)6)54-36-34(50)32(48)30(46)24(19-43)52-36/h10,22-37,43-51H,9,11-20H2,1-8H3/t22-,23+,24+,25+,26-,27+,28-,29-,30+,31+,32-,33-,34+,35+,36-,37-,39-,40+,41+,42?/m0/s1. The second-order valence-corrected chi connectivity index (χ2v) is 20.1. The first-order valence-electron chi connectivity index (χ1n) is 20.9. The molecule has 0 aromatic rings. The van der Waals surface area contributed by atoms with Gasteiger partial charge in [-0.05, 0) is 124 Å². The van der Waals surface area contributed by atoms with Crippen molar-refractivity contribution in [2.75, 3.05) is 13.2 Å². The molecule has 4 aliphatic carbocycles. The van der Waals surface area contributed by atoms with Gasteiger partial charge in [-0.2, -0.15) is 0 Å². The highest BCUT2D eigenvalue weighted by atomic mass is 16.7. The molecule has 0 amide bonds. The Bertz CT molecular complexity index is 1370. The Morgan fingerprint density at radius 3 is 1.85 bits per heavy atom. The number of ether oxygens (including phenoxy) is 4. The highest BCUT2D eigenvalue weighted by molar-refractivity contribution is 5.20. The van der Waals surface area contributed by atoms with Crippen LogP contribution in [0.4, 0.5) is 0 Å². The van der Waals surface area contributed by atoms with Crippen molar-refractivity contribution in [2.24, 2.45) is 45.3 Å². The van der Waals surface area contributed by atoms with Crippen LogP contribution in [0, 0.1) is 45.3 Å². The predicted octanol–water partition coefficient (Wildman–Crippen LogP) is 2.15. The van der Waals surface area contributed by atoms with Gasteiger partial charge in [-0.1, -0.05) is 46.3 Å². The summed E-state index contributed by atoms with van der Waals surface area (Å²) in [6.45, 7) is 16.6. The summed E-state index contributed by atoms with van der Waals surface area (Å²) in [6.07, 6.45) is -5.39. The number of hydrogen-bond donors (Lipinski definition) is 9. The van der Waals surface area contributed by atoms with Gasteiger partial charge in [0.25, 0.3) is 0 Å². The smallest absolute Gasteiger partial charge is 0.187 e. The fourth-order valence-electron chi connectivity index (χ4n) is 13.4. The van der Waals surface area contributed by atoms with Gasteiger partial charge in [0.05, 0.1) is 31.0 Å². The number of hydrogen-bond acceptors (Lipinski definition) is 13. The van der Waals surface area contributed by atoms with Crippen LogP contribution in [0.2, 0.25) is 0 Å². The molecule has 9 N–H and O–H groups in total. The molecule has 13 heteroatoms. The van der Waals surface area contributed by atoms with Crippen LogP contribution in [-0.2, 0) is 18.9 Å². The van der Waals surface area contributed by atoms with E-state index in [0.29, 0.717) is 25.7 Å². The quantitative estimate of drug-likeness (QED) is 0.115. The van der Waals surface area contributed by atoms with Crippen molar-refractivity contribution in [3.8, 4) is 0 Å². The molecular weight excluding hydrogens is 712 g/mol. The van der Waals surface area contributed by atoms with Crippen molar-refractivity contribution < 1.29 is 64.9 Å². The van der Waals surface area contributed by atoms with Crippen molar-refractivity contribution >= 4 is 0 Å². The Labute approximate surface area is 327 Å². The zero-order chi connectivity index (χ0) is 40.6. The Morgan fingerprint density at radius 2 is 1.27 bits per heavy atom. The summed E-state index contributed by atoms with van der Waals surface area (Å²) in [5, 5.41) is 95.9. The first-order chi connectivity index (χ1) is 25.6. The maximum absolute atomic E-state index is 12.5. The first kappa shape index (κ1) is 43.8. The maximum Gasteiger partial charge on any atom is 0.187 e. The molecule has 318 valence electrons. The lowest BCUT2D eigenvalue weighted by atomic mass is 9.35. The van der Waals surface area contributed by atoms with Gasteiger partial charge in [-0.15, -0.1) is 0 Å². The van der Waals surface area contributed by atoms with Crippen LogP contribution in [-0.4, -0.2) is 138 Å². The van der Waals surface area contributed by atoms with Crippen LogP contribution in [0.25, 0.3) is 0 Å². The van der Waals surface area contributed by atoms with Crippen LogP contribution in [0.1, 0.15) is 113 Å². The lowest BCUT2D eigenvalue weighted by molar-refractivity contribution is -0.338. The molecule has 6 aliphatic rings. The summed E-state index contributed by atoms with van der Waals surface area (Å²) in [5.41, 5.74) is -0.592. The molecule has 1 unspecified atom stereocenters. The molecule has 20 atom stereocenters. The molecule has 0 radical (unpaired) electrons. The summed E-state index contributed by atoms with van der Waals surface area (Å²) in [6, 6.07) is 0. The first-order valence-corrected chi connectivity index (χ1v) is 20.9. The molecule has 0 aromatic carbocycles. The molecule has 4 saturated carbocycles. The molecule has 0 spiro atoms. The second-order valence-electron chi connectivity index (χ2n) is 20.1. The molecule has 0 aromatic heterocycles. The molecular formula is C42H72O13. The van der Waals surface area contributed by atoms with Crippen LogP contribution in [0.15, 0.2) is 11.6 Å². The van der Waals surface area contributed by atoms with E-state index in [0.717, 1.165) is 32.1 Å². The average Bonchev–Trinajstić information content (AvgIpc) is 3.51. The van der Waals surface area contributed by atoms with E-state index >= 15 is 0 Å². The van der Waals surface area contributed by atoms with Crippen LogP contribution >= 0.6 is 0 Å². The average molecular weight is 785 g/mol. The molecule has 6 rings (SSSR count). The van der Waals surface area contributed by atoms with Crippen LogP contribution < -0.4 is 0 Å². The molecule has 6 fully saturated rings. The van der Waals surface area contributed by atoms with E-state index in [2.05, 4.69) is 40.7 Å². The van der Waals surface area contributed by atoms with E-state index in [1.807, 2.05) is 20.8 Å². The fourth-order valence-corrected chi connectivity index (χ4v) is 13.4. The Morgan fingerprint density at radius 1 is 0.709 bits per heavy atom. The minimum Gasteiger partial charge on any atom is -0.394 e. The third kappa shape index (κ3) is 7.10. The SMILES string of the molecule is CC(C)=CCCC(C)(O[C@@H]1O[C@H](CO)[C@@H](O)[C@H](O)[C@H]1O)[C@H]1CC[C@]2(C)[C@@H]1[C@H](O)C[C@@H]1[C@@]3(C)CC[C@H](O[C@@H]4O[C@H](CO)[C@@H](O)[C@H](O)[C@H]4O)C(C)(C)[C@@H]3CC[C@]12C. The fraction of sp³-hybridized carbons (Fsp3) is 0.952. The molecule has 0 bridgehead atoms. The predicted molar refractivity (Wildman–Crippen MR) is 201 cm³/mol. The topological polar surface area (TPSA) is 219 Å². The third-order valence-electron chi connectivity index (χ3n) is 16.7. The van der Waals surface area contributed by atoms with Crippen molar-refractivity contribution in [1.29, 1.82) is 0 Å². The van der Waals surface area contributed by atoms with E-state index in [-0.39, 0.29) is 51.4 Å². The highest BCUT2D eigenvalue weighted by Gasteiger charge is 2.72. The van der Waals surface area contributed by atoms with E-state index in [1.165, 1.54) is 5.57 Å². The molecule has 55 heavy (non-hydrogen) atoms. The summed E-state index contributed by atoms with van der Waals surface area (Å²) in [5.74, 6) is 0.196. The van der Waals surface area contributed by atoms with Gasteiger partial charge >= 0.3 is 0 Å². The van der Waals surface area contributed by atoms with Gasteiger partial charge in [0.1, 0.15) is 48.8 Å². The van der Waals surface area contributed by atoms with Gasteiger partial charge < -0.3 is 64.9 Å². The van der Waals surface area contributed by atoms with Crippen LogP contribution in [0.3, 0.4) is 0 Å². The van der Waals surface area contributed by atoms with E-state index < -0.39 is 86.3 Å². The van der Waals surface area contributed by atoms with Gasteiger partial charge in [-0.3, -0.25) is 0 Å². The van der Waals surface area contributed by atoms with E-state index in [9.17, 15) is 46.0 Å². The van der Waals surface area contributed by atoms with Gasteiger partial charge in [0.15, 0.2) is 12.6 Å². The Kier molecular flexibility index (Phi) is 12.5. The minimum absolute atomic E-state index is 0.104. The normalized spacial score (nSPS) is 52.0. The number of allylic oxidation sites excluding steroid dienone is 2. The molecule has 13 nitrogen and oxygen atoms in total. The summed E-state index contributed by atoms with van der Waals surface area (Å²) >= 11 is 0. The van der Waals surface area contributed by atoms with Gasteiger partial charge in [-0.25, -0.2) is 0 Å². The Hall–Kier alpha value is -0.780. The Balaban J connectivity index is 1.26. The van der Waals surface area contributed by atoms with Gasteiger partial charge in [0.2, 0.25) is 0 Å². The highest BCUT2D eigenvalue weighted by Crippen LogP contribution is 2.76. The van der Waals surface area contributed by atoms with E-state index in [1.54, 1.807) is 0 Å². The largest absolute Gasteiger partial charge is 0.394 e. The second kappa shape index (κ2) is 15.7.